The van der Waals surface area contributed by atoms with E-state index in [9.17, 15) is 0 Å². The summed E-state index contributed by atoms with van der Waals surface area (Å²) in [4.78, 5) is 9.25. The molecule has 0 bridgehead atoms. The minimum Gasteiger partial charge on any atom is -0.340 e. The van der Waals surface area contributed by atoms with Crippen LogP contribution in [-0.4, -0.2) is 9.97 Å². The van der Waals surface area contributed by atoms with Gasteiger partial charge in [0, 0.05) is 39.3 Å². The van der Waals surface area contributed by atoms with E-state index in [1.807, 2.05) is 36.5 Å². The summed E-state index contributed by atoms with van der Waals surface area (Å²) in [5.41, 5.74) is 3.21. The first-order chi connectivity index (χ1) is 12.7. The van der Waals surface area contributed by atoms with Gasteiger partial charge >= 0.3 is 0 Å². The van der Waals surface area contributed by atoms with Crippen molar-refractivity contribution in [2.24, 2.45) is 0 Å². The Balaban J connectivity index is 1.92. The molecule has 0 aliphatic carbocycles. The maximum atomic E-state index is 6.13. The molecule has 3 nitrogen and oxygen atoms in total. The summed E-state index contributed by atoms with van der Waals surface area (Å²) < 4.78 is 0. The summed E-state index contributed by atoms with van der Waals surface area (Å²) in [5, 5.41) is 7.38. The van der Waals surface area contributed by atoms with Crippen molar-refractivity contribution in [3.63, 3.8) is 0 Å². The highest BCUT2D eigenvalue weighted by Gasteiger charge is 2.11. The monoisotopic (exact) mass is 361 g/mol. The lowest BCUT2D eigenvalue weighted by Gasteiger charge is -2.14. The van der Waals surface area contributed by atoms with Crippen molar-refractivity contribution in [1.82, 2.24) is 9.97 Å². The van der Waals surface area contributed by atoms with Gasteiger partial charge in [-0.05, 0) is 48.2 Å². The van der Waals surface area contributed by atoms with Crippen molar-refractivity contribution in [2.75, 3.05) is 5.32 Å². The third kappa shape index (κ3) is 3.11. The topological polar surface area (TPSA) is 37.8 Å². The van der Waals surface area contributed by atoms with Gasteiger partial charge in [-0.25, -0.2) is 4.98 Å². The van der Waals surface area contributed by atoms with Gasteiger partial charge in [0.2, 0.25) is 0 Å². The van der Waals surface area contributed by atoms with Crippen molar-refractivity contribution in [2.45, 2.75) is 26.2 Å². The van der Waals surface area contributed by atoms with Crippen LogP contribution in [0.3, 0.4) is 0 Å². The Labute approximate surface area is 158 Å². The fourth-order valence-electron chi connectivity index (χ4n) is 3.21. The lowest BCUT2D eigenvalue weighted by atomic mass is 9.96. The van der Waals surface area contributed by atoms with Crippen molar-refractivity contribution in [3.05, 3.63) is 71.5 Å². The summed E-state index contributed by atoms with van der Waals surface area (Å²) in [6, 6.07) is 16.2. The quantitative estimate of drug-likeness (QED) is 0.411. The average Bonchev–Trinajstić information content (AvgIpc) is 2.67. The molecular formula is C22H20ClN3. The smallest absolute Gasteiger partial charge is 0.139 e. The number of anilines is 2. The van der Waals surface area contributed by atoms with Gasteiger partial charge in [0.15, 0.2) is 0 Å². The maximum absolute atomic E-state index is 6.13. The number of pyridine rings is 2. The van der Waals surface area contributed by atoms with Crippen molar-refractivity contribution < 1.29 is 0 Å². The second-order valence-electron chi connectivity index (χ2n) is 6.60. The van der Waals surface area contributed by atoms with Gasteiger partial charge in [-0.1, -0.05) is 43.6 Å². The Hall–Kier alpha value is -2.65. The number of benzene rings is 2. The van der Waals surface area contributed by atoms with Gasteiger partial charge in [0.25, 0.3) is 0 Å². The van der Waals surface area contributed by atoms with Crippen LogP contribution in [0.15, 0.2) is 60.9 Å². The molecule has 0 spiro atoms. The largest absolute Gasteiger partial charge is 0.340 e. The highest BCUT2D eigenvalue weighted by molar-refractivity contribution is 6.30. The standard InChI is InChI=1S/C22H20ClN3/c1-3-14(2)15-7-8-18-20-13-24-10-9-19(20)22(26-21(18)11-15)25-17-6-4-5-16(23)12-17/h4-14H,3H2,1-2H3,(H,25,26). The van der Waals surface area contributed by atoms with Crippen LogP contribution in [0.2, 0.25) is 5.02 Å². The molecule has 0 radical (unpaired) electrons. The van der Waals surface area contributed by atoms with Crippen LogP contribution in [0.4, 0.5) is 11.5 Å². The Morgan fingerprint density at radius 3 is 2.73 bits per heavy atom. The summed E-state index contributed by atoms with van der Waals surface area (Å²) >= 11 is 6.13. The Morgan fingerprint density at radius 1 is 1.04 bits per heavy atom. The van der Waals surface area contributed by atoms with Crippen LogP contribution in [0, 0.1) is 0 Å². The van der Waals surface area contributed by atoms with E-state index in [1.54, 1.807) is 6.20 Å². The lowest BCUT2D eigenvalue weighted by molar-refractivity contribution is 0.734. The molecule has 0 saturated carbocycles. The molecule has 2 aromatic carbocycles. The van der Waals surface area contributed by atoms with Crippen molar-refractivity contribution >= 4 is 44.8 Å². The second-order valence-corrected chi connectivity index (χ2v) is 7.04. The summed E-state index contributed by atoms with van der Waals surface area (Å²) in [6.45, 7) is 4.45. The van der Waals surface area contributed by atoms with Gasteiger partial charge in [0.1, 0.15) is 5.82 Å². The zero-order chi connectivity index (χ0) is 18.1. The molecule has 0 aliphatic rings. The fourth-order valence-corrected chi connectivity index (χ4v) is 3.40. The number of fused-ring (bicyclic) bond motifs is 3. The van der Waals surface area contributed by atoms with E-state index >= 15 is 0 Å². The number of halogens is 1. The Kier molecular flexibility index (Phi) is 4.48. The van der Waals surface area contributed by atoms with E-state index < -0.39 is 0 Å². The van der Waals surface area contributed by atoms with Gasteiger partial charge in [-0.15, -0.1) is 0 Å². The zero-order valence-electron chi connectivity index (χ0n) is 14.8. The minimum absolute atomic E-state index is 0.509. The van der Waals surface area contributed by atoms with E-state index in [-0.39, 0.29) is 0 Å². The van der Waals surface area contributed by atoms with Crippen LogP contribution in [-0.2, 0) is 0 Å². The first-order valence-corrected chi connectivity index (χ1v) is 9.23. The zero-order valence-corrected chi connectivity index (χ0v) is 15.6. The maximum Gasteiger partial charge on any atom is 0.139 e. The van der Waals surface area contributed by atoms with E-state index in [0.717, 1.165) is 39.6 Å². The van der Waals surface area contributed by atoms with Gasteiger partial charge in [-0.2, -0.15) is 0 Å². The SMILES string of the molecule is CCC(C)c1ccc2c(c1)nc(Nc1cccc(Cl)c1)c1ccncc12. The highest BCUT2D eigenvalue weighted by atomic mass is 35.5. The number of nitrogens with one attached hydrogen (secondary N) is 1. The molecule has 130 valence electrons. The average molecular weight is 362 g/mol. The second kappa shape index (κ2) is 6.93. The number of rotatable bonds is 4. The van der Waals surface area contributed by atoms with E-state index in [4.69, 9.17) is 16.6 Å². The molecular weight excluding hydrogens is 342 g/mol. The van der Waals surface area contributed by atoms with Crippen molar-refractivity contribution in [1.29, 1.82) is 0 Å². The number of hydrogen-bond acceptors (Lipinski definition) is 3. The van der Waals surface area contributed by atoms with Gasteiger partial charge in [0.05, 0.1) is 5.52 Å². The van der Waals surface area contributed by atoms with Gasteiger partial charge in [-0.3, -0.25) is 4.98 Å². The molecule has 1 unspecified atom stereocenters. The molecule has 1 N–H and O–H groups in total. The molecule has 0 aliphatic heterocycles. The summed E-state index contributed by atoms with van der Waals surface area (Å²) in [5.74, 6) is 1.33. The molecule has 0 fully saturated rings. The lowest BCUT2D eigenvalue weighted by Crippen LogP contribution is -1.98. The van der Waals surface area contributed by atoms with Crippen molar-refractivity contribution in [3.8, 4) is 0 Å². The van der Waals surface area contributed by atoms with Crippen LogP contribution >= 0.6 is 11.6 Å². The molecule has 0 saturated heterocycles. The predicted molar refractivity (Wildman–Crippen MR) is 110 cm³/mol. The number of nitrogens with zero attached hydrogens (tertiary/aromatic N) is 2. The van der Waals surface area contributed by atoms with E-state index in [0.29, 0.717) is 10.9 Å². The molecule has 4 aromatic rings. The first kappa shape index (κ1) is 16.8. The normalized spacial score (nSPS) is 12.4. The van der Waals surface area contributed by atoms with Crippen LogP contribution in [0.1, 0.15) is 31.7 Å². The van der Waals surface area contributed by atoms with Crippen LogP contribution < -0.4 is 5.32 Å². The summed E-state index contributed by atoms with van der Waals surface area (Å²) in [6.07, 6.45) is 4.81. The van der Waals surface area contributed by atoms with Crippen LogP contribution in [0.5, 0.6) is 0 Å². The van der Waals surface area contributed by atoms with Gasteiger partial charge < -0.3 is 5.32 Å². The highest BCUT2D eigenvalue weighted by Crippen LogP contribution is 2.32. The predicted octanol–water partition coefficient (Wildman–Crippen LogP) is 6.69. The number of aromatic nitrogens is 2. The van der Waals surface area contributed by atoms with Crippen LogP contribution in [0.25, 0.3) is 21.7 Å². The third-order valence-corrected chi connectivity index (χ3v) is 5.12. The molecule has 4 rings (SSSR count). The Morgan fingerprint density at radius 2 is 1.92 bits per heavy atom. The Bertz CT molecular complexity index is 1090. The molecule has 1 atom stereocenters. The van der Waals surface area contributed by atoms with E-state index in [1.165, 1.54) is 5.56 Å². The molecule has 0 amide bonds. The molecule has 26 heavy (non-hydrogen) atoms. The number of hydrogen-bond donors (Lipinski definition) is 1. The first-order valence-electron chi connectivity index (χ1n) is 8.85. The molecule has 2 heterocycles. The van der Waals surface area contributed by atoms with E-state index in [2.05, 4.69) is 42.3 Å². The molecule has 4 heteroatoms. The fraction of sp³-hybridized carbons (Fsp3) is 0.182. The summed E-state index contributed by atoms with van der Waals surface area (Å²) in [7, 11) is 0. The molecule has 2 aromatic heterocycles. The minimum atomic E-state index is 0.509. The third-order valence-electron chi connectivity index (χ3n) is 4.89.